The molecule has 0 aromatic heterocycles. The minimum Gasteiger partial charge on any atom is -0.496 e. The van der Waals surface area contributed by atoms with Gasteiger partial charge < -0.3 is 15.2 Å². The molecular formula is C13H22ClNO2. The highest BCUT2D eigenvalue weighted by atomic mass is 35.5. The van der Waals surface area contributed by atoms with Gasteiger partial charge in [0.05, 0.1) is 14.2 Å². The lowest BCUT2D eigenvalue weighted by Gasteiger charge is -2.15. The van der Waals surface area contributed by atoms with Gasteiger partial charge in [0.25, 0.3) is 0 Å². The van der Waals surface area contributed by atoms with Crippen molar-refractivity contribution in [3.63, 3.8) is 0 Å². The minimum absolute atomic E-state index is 0. The minimum atomic E-state index is 0. The Morgan fingerprint density at radius 1 is 1.18 bits per heavy atom. The summed E-state index contributed by atoms with van der Waals surface area (Å²) in [6.45, 7) is 4.09. The number of aryl methyl sites for hydroxylation is 1. The summed E-state index contributed by atoms with van der Waals surface area (Å²) in [5.74, 6) is 1.78. The normalized spacial score (nSPS) is 11.6. The van der Waals surface area contributed by atoms with E-state index in [0.717, 1.165) is 35.5 Å². The third-order valence-electron chi connectivity index (χ3n) is 2.80. The van der Waals surface area contributed by atoms with E-state index in [4.69, 9.17) is 15.2 Å². The zero-order valence-corrected chi connectivity index (χ0v) is 11.8. The molecule has 98 valence electrons. The molecule has 1 aromatic rings. The Labute approximate surface area is 110 Å². The van der Waals surface area contributed by atoms with Crippen LogP contribution in [-0.4, -0.2) is 20.3 Å². The Bertz CT molecular complexity index is 356. The van der Waals surface area contributed by atoms with E-state index in [2.05, 4.69) is 6.92 Å². The van der Waals surface area contributed by atoms with Gasteiger partial charge in [-0.2, -0.15) is 0 Å². The molecule has 0 aliphatic rings. The fourth-order valence-corrected chi connectivity index (χ4v) is 1.70. The van der Waals surface area contributed by atoms with Crippen LogP contribution in [0.25, 0.3) is 0 Å². The fourth-order valence-electron chi connectivity index (χ4n) is 1.70. The Kier molecular flexibility index (Phi) is 7.00. The van der Waals surface area contributed by atoms with E-state index in [0.29, 0.717) is 0 Å². The van der Waals surface area contributed by atoms with E-state index in [-0.39, 0.29) is 18.4 Å². The van der Waals surface area contributed by atoms with E-state index in [1.807, 2.05) is 19.1 Å². The molecule has 0 spiro atoms. The number of hydrogen-bond donors (Lipinski definition) is 1. The van der Waals surface area contributed by atoms with Gasteiger partial charge in [0.2, 0.25) is 0 Å². The van der Waals surface area contributed by atoms with Crippen LogP contribution < -0.4 is 15.2 Å². The molecule has 1 rings (SSSR count). The maximum absolute atomic E-state index is 5.96. The van der Waals surface area contributed by atoms with Crippen LogP contribution in [0.1, 0.15) is 24.5 Å². The van der Waals surface area contributed by atoms with Crippen molar-refractivity contribution in [2.75, 3.05) is 14.2 Å². The highest BCUT2D eigenvalue weighted by Crippen LogP contribution is 2.29. The molecule has 0 aliphatic carbocycles. The Morgan fingerprint density at radius 3 is 2.24 bits per heavy atom. The molecule has 0 saturated heterocycles. The third kappa shape index (κ3) is 4.10. The van der Waals surface area contributed by atoms with Crippen LogP contribution >= 0.6 is 12.4 Å². The first kappa shape index (κ1) is 16.1. The van der Waals surface area contributed by atoms with Gasteiger partial charge in [0, 0.05) is 6.04 Å². The lowest BCUT2D eigenvalue weighted by Crippen LogP contribution is -2.21. The number of rotatable bonds is 5. The predicted molar refractivity (Wildman–Crippen MR) is 73.5 cm³/mol. The van der Waals surface area contributed by atoms with E-state index in [1.54, 1.807) is 14.2 Å². The van der Waals surface area contributed by atoms with Gasteiger partial charge in [0.1, 0.15) is 11.5 Å². The van der Waals surface area contributed by atoms with Crippen LogP contribution in [0.3, 0.4) is 0 Å². The largest absolute Gasteiger partial charge is 0.496 e. The first-order chi connectivity index (χ1) is 7.62. The van der Waals surface area contributed by atoms with Gasteiger partial charge >= 0.3 is 0 Å². The molecule has 0 saturated carbocycles. The van der Waals surface area contributed by atoms with Crippen molar-refractivity contribution in [1.82, 2.24) is 0 Å². The molecule has 4 heteroatoms. The highest BCUT2D eigenvalue weighted by Gasteiger charge is 2.11. The zero-order valence-electron chi connectivity index (χ0n) is 10.9. The lowest BCUT2D eigenvalue weighted by molar-refractivity contribution is 0.394. The smallest absolute Gasteiger partial charge is 0.122 e. The van der Waals surface area contributed by atoms with Gasteiger partial charge in [0.15, 0.2) is 0 Å². The second kappa shape index (κ2) is 7.41. The number of halogens is 1. The summed E-state index contributed by atoms with van der Waals surface area (Å²) in [5, 5.41) is 0. The summed E-state index contributed by atoms with van der Waals surface area (Å²) >= 11 is 0. The van der Waals surface area contributed by atoms with Crippen molar-refractivity contribution in [2.45, 2.75) is 32.7 Å². The van der Waals surface area contributed by atoms with Crippen molar-refractivity contribution in [3.8, 4) is 11.5 Å². The van der Waals surface area contributed by atoms with Gasteiger partial charge in [-0.25, -0.2) is 0 Å². The molecule has 17 heavy (non-hydrogen) atoms. The topological polar surface area (TPSA) is 44.5 Å². The third-order valence-corrected chi connectivity index (χ3v) is 2.80. The number of benzene rings is 1. The molecule has 0 fully saturated rings. The molecular weight excluding hydrogens is 238 g/mol. The standard InChI is InChI=1S/C13H21NO2.ClH/c1-5-11(14)7-10-8-12(15-3)9(2)6-13(10)16-4;/h6,8,11H,5,7,14H2,1-4H3;1H. The van der Waals surface area contributed by atoms with Crippen LogP contribution in [0.5, 0.6) is 11.5 Å². The summed E-state index contributed by atoms with van der Waals surface area (Å²) in [6.07, 6.45) is 1.77. The maximum Gasteiger partial charge on any atom is 0.122 e. The average molecular weight is 260 g/mol. The fraction of sp³-hybridized carbons (Fsp3) is 0.538. The second-order valence-corrected chi connectivity index (χ2v) is 4.01. The molecule has 2 N–H and O–H groups in total. The number of methoxy groups -OCH3 is 2. The molecule has 1 aromatic carbocycles. The number of ether oxygens (including phenoxy) is 2. The maximum atomic E-state index is 5.96. The molecule has 0 aliphatic heterocycles. The van der Waals surface area contributed by atoms with Crippen molar-refractivity contribution >= 4 is 12.4 Å². The summed E-state index contributed by atoms with van der Waals surface area (Å²) in [6, 6.07) is 4.18. The van der Waals surface area contributed by atoms with Gasteiger partial charge in [-0.3, -0.25) is 0 Å². The Hall–Kier alpha value is -0.930. The zero-order chi connectivity index (χ0) is 12.1. The quantitative estimate of drug-likeness (QED) is 0.884. The van der Waals surface area contributed by atoms with Gasteiger partial charge in [-0.15, -0.1) is 12.4 Å². The second-order valence-electron chi connectivity index (χ2n) is 4.01. The van der Waals surface area contributed by atoms with Crippen LogP contribution in [0.4, 0.5) is 0 Å². The average Bonchev–Trinajstić information content (AvgIpc) is 2.30. The first-order valence-corrected chi connectivity index (χ1v) is 5.59. The SMILES string of the molecule is CCC(N)Cc1cc(OC)c(C)cc1OC.Cl. The summed E-state index contributed by atoms with van der Waals surface area (Å²) < 4.78 is 10.7. The molecule has 0 bridgehead atoms. The van der Waals surface area contributed by atoms with E-state index >= 15 is 0 Å². The van der Waals surface area contributed by atoms with Gasteiger partial charge in [-0.1, -0.05) is 6.92 Å². The molecule has 1 unspecified atom stereocenters. The summed E-state index contributed by atoms with van der Waals surface area (Å²) in [5.41, 5.74) is 8.15. The highest BCUT2D eigenvalue weighted by molar-refractivity contribution is 5.85. The molecule has 1 atom stereocenters. The van der Waals surface area contributed by atoms with Crippen LogP contribution in [0.2, 0.25) is 0 Å². The van der Waals surface area contributed by atoms with Crippen molar-refractivity contribution in [3.05, 3.63) is 23.3 Å². The van der Waals surface area contributed by atoms with Crippen molar-refractivity contribution in [1.29, 1.82) is 0 Å². The van der Waals surface area contributed by atoms with Crippen LogP contribution in [-0.2, 0) is 6.42 Å². The summed E-state index contributed by atoms with van der Waals surface area (Å²) in [7, 11) is 3.36. The van der Waals surface area contributed by atoms with Crippen molar-refractivity contribution in [2.24, 2.45) is 5.73 Å². The Balaban J connectivity index is 0.00000256. The Morgan fingerprint density at radius 2 is 1.76 bits per heavy atom. The number of hydrogen-bond acceptors (Lipinski definition) is 3. The van der Waals surface area contributed by atoms with Crippen LogP contribution in [0.15, 0.2) is 12.1 Å². The lowest BCUT2D eigenvalue weighted by atomic mass is 10.0. The van der Waals surface area contributed by atoms with E-state index in [9.17, 15) is 0 Å². The van der Waals surface area contributed by atoms with Crippen molar-refractivity contribution < 1.29 is 9.47 Å². The predicted octanol–water partition coefficient (Wildman–Crippen LogP) is 2.71. The first-order valence-electron chi connectivity index (χ1n) is 5.59. The molecule has 3 nitrogen and oxygen atoms in total. The van der Waals surface area contributed by atoms with E-state index < -0.39 is 0 Å². The van der Waals surface area contributed by atoms with E-state index in [1.165, 1.54) is 0 Å². The summed E-state index contributed by atoms with van der Waals surface area (Å²) in [4.78, 5) is 0. The monoisotopic (exact) mass is 259 g/mol. The molecule has 0 radical (unpaired) electrons. The number of nitrogens with two attached hydrogens (primary N) is 1. The molecule has 0 heterocycles. The van der Waals surface area contributed by atoms with Gasteiger partial charge in [-0.05, 0) is 43.0 Å². The molecule has 0 amide bonds. The van der Waals surface area contributed by atoms with Crippen LogP contribution in [0, 0.1) is 6.92 Å².